The fourth-order valence-electron chi connectivity index (χ4n) is 2.00. The zero-order chi connectivity index (χ0) is 14.8. The van der Waals surface area contributed by atoms with Gasteiger partial charge >= 0.3 is 0 Å². The van der Waals surface area contributed by atoms with Crippen molar-refractivity contribution in [2.45, 2.75) is 6.92 Å². The number of nitrogens with zero attached hydrogens (tertiary/aromatic N) is 1. The molecule has 3 rings (SSSR count). The van der Waals surface area contributed by atoms with Crippen molar-refractivity contribution < 1.29 is 9.18 Å². The Labute approximate surface area is 124 Å². The monoisotopic (exact) mass is 301 g/mol. The molecule has 1 aromatic carbocycles. The second-order valence-electron chi connectivity index (χ2n) is 4.48. The fraction of sp³-hybridized carbons (Fsp3) is 0.0667. The van der Waals surface area contributed by atoms with Crippen LogP contribution >= 0.6 is 11.3 Å². The summed E-state index contributed by atoms with van der Waals surface area (Å²) >= 11 is 1.52. The van der Waals surface area contributed by atoms with Crippen LogP contribution in [0, 0.1) is 12.7 Å². The number of aromatic amines is 1. The molecule has 0 fully saturated rings. The van der Waals surface area contributed by atoms with Gasteiger partial charge in [-0.25, -0.2) is 4.39 Å². The number of aryl methyl sites for hydroxylation is 1. The lowest BCUT2D eigenvalue weighted by molar-refractivity contribution is 0.102. The highest BCUT2D eigenvalue weighted by atomic mass is 32.1. The molecule has 2 N–H and O–H groups in total. The van der Waals surface area contributed by atoms with Crippen LogP contribution in [-0.4, -0.2) is 16.1 Å². The Kier molecular flexibility index (Phi) is 3.53. The zero-order valence-corrected chi connectivity index (χ0v) is 12.0. The molecule has 106 valence electrons. The minimum Gasteiger partial charge on any atom is -0.318 e. The molecule has 0 aliphatic heterocycles. The number of thiophene rings is 1. The Hall–Kier alpha value is -2.47. The number of carbonyl (C=O) groups excluding carboxylic acids is 1. The van der Waals surface area contributed by atoms with E-state index in [0.29, 0.717) is 11.4 Å². The minimum absolute atomic E-state index is 0.00947. The van der Waals surface area contributed by atoms with Crippen molar-refractivity contribution in [2.75, 3.05) is 5.32 Å². The number of H-pyrrole nitrogens is 1. The van der Waals surface area contributed by atoms with E-state index in [2.05, 4.69) is 15.5 Å². The van der Waals surface area contributed by atoms with Gasteiger partial charge in [-0.05, 0) is 30.5 Å². The van der Waals surface area contributed by atoms with Gasteiger partial charge in [0.25, 0.3) is 5.91 Å². The van der Waals surface area contributed by atoms with Crippen molar-refractivity contribution in [1.29, 1.82) is 0 Å². The minimum atomic E-state index is -0.547. The first-order valence-corrected chi connectivity index (χ1v) is 7.19. The third-order valence-corrected chi connectivity index (χ3v) is 3.94. The summed E-state index contributed by atoms with van der Waals surface area (Å²) in [4.78, 5) is 13.2. The maximum Gasteiger partial charge on any atom is 0.258 e. The van der Waals surface area contributed by atoms with Gasteiger partial charge in [0.1, 0.15) is 11.5 Å². The van der Waals surface area contributed by atoms with E-state index in [1.165, 1.54) is 23.5 Å². The first-order chi connectivity index (χ1) is 10.2. The van der Waals surface area contributed by atoms with Gasteiger partial charge in [0.15, 0.2) is 0 Å². The molecule has 0 bridgehead atoms. The van der Waals surface area contributed by atoms with Crippen molar-refractivity contribution in [3.63, 3.8) is 0 Å². The molecule has 21 heavy (non-hydrogen) atoms. The lowest BCUT2D eigenvalue weighted by Crippen LogP contribution is -2.14. The quantitative estimate of drug-likeness (QED) is 0.772. The van der Waals surface area contributed by atoms with Crippen LogP contribution < -0.4 is 5.32 Å². The van der Waals surface area contributed by atoms with Gasteiger partial charge in [-0.3, -0.25) is 9.89 Å². The first-order valence-electron chi connectivity index (χ1n) is 6.31. The van der Waals surface area contributed by atoms with Gasteiger partial charge in [0.05, 0.1) is 21.8 Å². The average molecular weight is 301 g/mol. The molecule has 0 unspecified atom stereocenters. The number of nitrogens with one attached hydrogen (secondary N) is 2. The fourth-order valence-corrected chi connectivity index (χ4v) is 2.72. The van der Waals surface area contributed by atoms with Gasteiger partial charge in [-0.15, -0.1) is 11.3 Å². The predicted molar refractivity (Wildman–Crippen MR) is 81.0 cm³/mol. The Morgan fingerprint density at radius 3 is 2.81 bits per heavy atom. The van der Waals surface area contributed by atoms with Crippen molar-refractivity contribution in [3.8, 4) is 10.6 Å². The lowest BCUT2D eigenvalue weighted by Gasteiger charge is -2.06. The molecule has 2 heterocycles. The lowest BCUT2D eigenvalue weighted by atomic mass is 10.2. The number of rotatable bonds is 3. The van der Waals surface area contributed by atoms with Crippen molar-refractivity contribution >= 4 is 22.9 Å². The van der Waals surface area contributed by atoms with Gasteiger partial charge in [0.2, 0.25) is 0 Å². The van der Waals surface area contributed by atoms with Crippen LogP contribution in [0.25, 0.3) is 10.6 Å². The van der Waals surface area contributed by atoms with E-state index in [-0.39, 0.29) is 5.56 Å². The SMILES string of the molecule is Cc1[nH]nc(-c2cccs2)c1NC(=O)c1ccccc1F. The van der Waals surface area contributed by atoms with E-state index in [9.17, 15) is 9.18 Å². The van der Waals surface area contributed by atoms with E-state index >= 15 is 0 Å². The summed E-state index contributed by atoms with van der Waals surface area (Å²) in [5.74, 6) is -1.04. The van der Waals surface area contributed by atoms with Crippen LogP contribution in [0.5, 0.6) is 0 Å². The largest absolute Gasteiger partial charge is 0.318 e. The highest BCUT2D eigenvalue weighted by Gasteiger charge is 2.18. The zero-order valence-electron chi connectivity index (χ0n) is 11.2. The van der Waals surface area contributed by atoms with Crippen LogP contribution in [0.4, 0.5) is 10.1 Å². The standard InChI is InChI=1S/C15H12FN3OS/c1-9-13(14(19-18-9)12-7-4-8-21-12)17-15(20)10-5-2-3-6-11(10)16/h2-8H,1H3,(H,17,20)(H,18,19). The van der Waals surface area contributed by atoms with E-state index in [4.69, 9.17) is 0 Å². The molecule has 4 nitrogen and oxygen atoms in total. The number of benzene rings is 1. The van der Waals surface area contributed by atoms with E-state index in [1.807, 2.05) is 17.5 Å². The molecular formula is C15H12FN3OS. The highest BCUT2D eigenvalue weighted by Crippen LogP contribution is 2.31. The van der Waals surface area contributed by atoms with Gasteiger partial charge in [0, 0.05) is 0 Å². The Morgan fingerprint density at radius 2 is 2.10 bits per heavy atom. The smallest absolute Gasteiger partial charge is 0.258 e. The second kappa shape index (κ2) is 5.49. The summed E-state index contributed by atoms with van der Waals surface area (Å²) in [6.07, 6.45) is 0. The van der Waals surface area contributed by atoms with Gasteiger partial charge < -0.3 is 5.32 Å². The van der Waals surface area contributed by atoms with Crippen LogP contribution in [0.15, 0.2) is 41.8 Å². The van der Waals surface area contributed by atoms with Crippen LogP contribution in [0.2, 0.25) is 0 Å². The molecule has 3 aromatic rings. The Bertz CT molecular complexity index is 780. The van der Waals surface area contributed by atoms with Crippen molar-refractivity contribution in [3.05, 3.63) is 58.9 Å². The number of hydrogen-bond acceptors (Lipinski definition) is 3. The Morgan fingerprint density at radius 1 is 1.29 bits per heavy atom. The number of amides is 1. The number of carbonyl (C=O) groups is 1. The molecule has 1 amide bonds. The molecule has 2 aromatic heterocycles. The molecule has 0 aliphatic rings. The van der Waals surface area contributed by atoms with E-state index < -0.39 is 11.7 Å². The van der Waals surface area contributed by atoms with E-state index in [0.717, 1.165) is 10.6 Å². The van der Waals surface area contributed by atoms with E-state index in [1.54, 1.807) is 19.1 Å². The maximum absolute atomic E-state index is 13.7. The molecule has 0 spiro atoms. The van der Waals surface area contributed by atoms with Gasteiger partial charge in [-0.2, -0.15) is 5.10 Å². The summed E-state index contributed by atoms with van der Waals surface area (Å²) in [5, 5.41) is 11.7. The molecule has 0 radical (unpaired) electrons. The maximum atomic E-state index is 13.7. The van der Waals surface area contributed by atoms with Gasteiger partial charge in [-0.1, -0.05) is 18.2 Å². The summed E-state index contributed by atoms with van der Waals surface area (Å²) in [6, 6.07) is 9.71. The molecule has 0 saturated heterocycles. The number of halogens is 1. The van der Waals surface area contributed by atoms with Crippen molar-refractivity contribution in [1.82, 2.24) is 10.2 Å². The third-order valence-electron chi connectivity index (χ3n) is 3.06. The number of aromatic nitrogens is 2. The number of hydrogen-bond donors (Lipinski definition) is 2. The van der Waals surface area contributed by atoms with Crippen LogP contribution in [0.1, 0.15) is 16.1 Å². The highest BCUT2D eigenvalue weighted by molar-refractivity contribution is 7.13. The predicted octanol–water partition coefficient (Wildman–Crippen LogP) is 3.84. The Balaban J connectivity index is 1.94. The summed E-state index contributed by atoms with van der Waals surface area (Å²) < 4.78 is 13.7. The topological polar surface area (TPSA) is 57.8 Å². The third kappa shape index (κ3) is 2.57. The average Bonchev–Trinajstić information content (AvgIpc) is 3.10. The number of anilines is 1. The second-order valence-corrected chi connectivity index (χ2v) is 5.43. The van der Waals surface area contributed by atoms with Crippen molar-refractivity contribution in [2.24, 2.45) is 0 Å². The summed E-state index contributed by atoms with van der Waals surface area (Å²) in [6.45, 7) is 1.81. The molecular weight excluding hydrogens is 289 g/mol. The first kappa shape index (κ1) is 13.5. The molecule has 0 saturated carbocycles. The summed E-state index contributed by atoms with van der Waals surface area (Å²) in [5.41, 5.74) is 1.97. The molecule has 0 atom stereocenters. The van der Waals surface area contributed by atoms with Crippen LogP contribution in [0.3, 0.4) is 0 Å². The molecule has 0 aliphatic carbocycles. The normalized spacial score (nSPS) is 10.6. The molecule has 6 heteroatoms. The van der Waals surface area contributed by atoms with Crippen LogP contribution in [-0.2, 0) is 0 Å². The summed E-state index contributed by atoms with van der Waals surface area (Å²) in [7, 11) is 0.